The van der Waals surface area contributed by atoms with Crippen LogP contribution in [0.2, 0.25) is 0 Å². The van der Waals surface area contributed by atoms with Gasteiger partial charge in [0.1, 0.15) is 24.4 Å². The number of esters is 1. The quantitative estimate of drug-likeness (QED) is 0.397. The van der Waals surface area contributed by atoms with Crippen molar-refractivity contribution in [1.82, 2.24) is 0 Å². The van der Waals surface area contributed by atoms with Crippen LogP contribution in [0.4, 0.5) is 0 Å². The number of aliphatic hydroxyl groups is 4. The van der Waals surface area contributed by atoms with Gasteiger partial charge >= 0.3 is 5.97 Å². The Hall–Kier alpha value is -0.730. The minimum Gasteiger partial charge on any atom is -0.464 e. The highest BCUT2D eigenvalue weighted by Gasteiger charge is 2.43. The SMILES string of the molecule is CCOC(=O)C(O)C1OC[C@@H](O)[C@H](O)[C@H]1O. The number of aliphatic hydroxyl groups excluding tert-OH is 4. The van der Waals surface area contributed by atoms with Crippen LogP contribution in [-0.2, 0) is 14.3 Å². The Balaban J connectivity index is 2.62. The molecule has 4 N–H and O–H groups in total. The number of ether oxygens (including phenoxy) is 2. The van der Waals surface area contributed by atoms with Crippen LogP contribution >= 0.6 is 0 Å². The Kier molecular flexibility index (Phi) is 4.63. The summed E-state index contributed by atoms with van der Waals surface area (Å²) < 4.78 is 9.43. The van der Waals surface area contributed by atoms with Gasteiger partial charge < -0.3 is 29.9 Å². The van der Waals surface area contributed by atoms with Gasteiger partial charge in [-0.2, -0.15) is 0 Å². The molecule has 94 valence electrons. The molecule has 0 spiro atoms. The van der Waals surface area contributed by atoms with Crippen molar-refractivity contribution in [2.45, 2.75) is 37.4 Å². The van der Waals surface area contributed by atoms with Gasteiger partial charge in [0.25, 0.3) is 0 Å². The second-order valence-electron chi connectivity index (χ2n) is 3.54. The van der Waals surface area contributed by atoms with Crippen LogP contribution < -0.4 is 0 Å². The zero-order valence-electron chi connectivity index (χ0n) is 8.81. The molecule has 16 heavy (non-hydrogen) atoms. The summed E-state index contributed by atoms with van der Waals surface area (Å²) in [6.07, 6.45) is -7.21. The first kappa shape index (κ1) is 13.3. The molecule has 0 amide bonds. The van der Waals surface area contributed by atoms with E-state index in [1.807, 2.05) is 0 Å². The van der Waals surface area contributed by atoms with E-state index in [1.54, 1.807) is 6.92 Å². The molecule has 5 atom stereocenters. The van der Waals surface area contributed by atoms with Crippen molar-refractivity contribution in [3.63, 3.8) is 0 Å². The summed E-state index contributed by atoms with van der Waals surface area (Å²) in [4.78, 5) is 11.2. The molecule has 0 aromatic heterocycles. The summed E-state index contributed by atoms with van der Waals surface area (Å²) in [5.41, 5.74) is 0. The summed E-state index contributed by atoms with van der Waals surface area (Å²) in [7, 11) is 0. The van der Waals surface area contributed by atoms with Gasteiger partial charge in [-0.3, -0.25) is 0 Å². The zero-order valence-corrected chi connectivity index (χ0v) is 8.81. The number of hydrogen-bond donors (Lipinski definition) is 4. The molecule has 7 nitrogen and oxygen atoms in total. The van der Waals surface area contributed by atoms with Gasteiger partial charge in [-0.1, -0.05) is 0 Å². The average Bonchev–Trinajstić information content (AvgIpc) is 2.26. The third-order valence-electron chi connectivity index (χ3n) is 2.38. The maximum Gasteiger partial charge on any atom is 0.337 e. The van der Waals surface area contributed by atoms with E-state index in [0.29, 0.717) is 0 Å². The fourth-order valence-electron chi connectivity index (χ4n) is 1.47. The fraction of sp³-hybridized carbons (Fsp3) is 0.889. The highest BCUT2D eigenvalue weighted by molar-refractivity contribution is 5.75. The summed E-state index contributed by atoms with van der Waals surface area (Å²) in [5.74, 6) is -0.935. The van der Waals surface area contributed by atoms with E-state index in [4.69, 9.17) is 9.84 Å². The second kappa shape index (κ2) is 5.55. The van der Waals surface area contributed by atoms with Crippen molar-refractivity contribution in [3.05, 3.63) is 0 Å². The highest BCUT2D eigenvalue weighted by atomic mass is 16.6. The molecule has 1 fully saturated rings. The topological polar surface area (TPSA) is 116 Å². The van der Waals surface area contributed by atoms with E-state index in [-0.39, 0.29) is 13.2 Å². The van der Waals surface area contributed by atoms with Crippen molar-refractivity contribution in [2.75, 3.05) is 13.2 Å². The lowest BCUT2D eigenvalue weighted by atomic mass is 9.96. The summed E-state index contributed by atoms with van der Waals surface area (Å²) in [6, 6.07) is 0. The Bertz CT molecular complexity index is 244. The van der Waals surface area contributed by atoms with Gasteiger partial charge in [0.15, 0.2) is 6.10 Å². The molecule has 0 aliphatic carbocycles. The molecular weight excluding hydrogens is 220 g/mol. The maximum atomic E-state index is 11.2. The Morgan fingerprint density at radius 2 is 2.06 bits per heavy atom. The minimum absolute atomic E-state index is 0.0872. The number of carbonyl (C=O) groups excluding carboxylic acids is 1. The Morgan fingerprint density at radius 3 is 2.62 bits per heavy atom. The molecule has 0 aromatic rings. The van der Waals surface area contributed by atoms with Crippen molar-refractivity contribution < 1.29 is 34.7 Å². The smallest absolute Gasteiger partial charge is 0.337 e. The lowest BCUT2D eigenvalue weighted by molar-refractivity contribution is -0.217. The van der Waals surface area contributed by atoms with Crippen LogP contribution in [-0.4, -0.2) is 70.1 Å². The molecule has 2 unspecified atom stereocenters. The Morgan fingerprint density at radius 1 is 1.44 bits per heavy atom. The average molecular weight is 236 g/mol. The van der Waals surface area contributed by atoms with Crippen LogP contribution in [0.25, 0.3) is 0 Å². The van der Waals surface area contributed by atoms with Gasteiger partial charge in [0.2, 0.25) is 0 Å². The normalized spacial score (nSPS) is 36.8. The molecule has 0 saturated carbocycles. The third kappa shape index (κ3) is 2.69. The van der Waals surface area contributed by atoms with Gasteiger partial charge in [-0.15, -0.1) is 0 Å². The fourth-order valence-corrected chi connectivity index (χ4v) is 1.47. The molecule has 1 saturated heterocycles. The van der Waals surface area contributed by atoms with E-state index in [0.717, 1.165) is 0 Å². The standard InChI is InChI=1S/C9H16O7/c1-2-15-9(14)7(13)8-6(12)5(11)4(10)3-16-8/h4-8,10-13H,2-3H2,1H3/t4-,5+,6-,7?,8?/m1/s1. The molecule has 0 radical (unpaired) electrons. The molecule has 1 aliphatic rings. The molecule has 0 bridgehead atoms. The van der Waals surface area contributed by atoms with E-state index in [1.165, 1.54) is 0 Å². The van der Waals surface area contributed by atoms with Crippen LogP contribution in [0.15, 0.2) is 0 Å². The van der Waals surface area contributed by atoms with Gasteiger partial charge in [0.05, 0.1) is 13.2 Å². The van der Waals surface area contributed by atoms with Crippen LogP contribution in [0.1, 0.15) is 6.92 Å². The number of hydrogen-bond acceptors (Lipinski definition) is 7. The molecule has 1 heterocycles. The lowest BCUT2D eigenvalue weighted by Gasteiger charge is -2.36. The van der Waals surface area contributed by atoms with Gasteiger partial charge in [0, 0.05) is 0 Å². The first-order valence-corrected chi connectivity index (χ1v) is 4.99. The minimum atomic E-state index is -1.68. The van der Waals surface area contributed by atoms with Crippen molar-refractivity contribution in [1.29, 1.82) is 0 Å². The number of carbonyl (C=O) groups is 1. The van der Waals surface area contributed by atoms with Gasteiger partial charge in [-0.05, 0) is 6.92 Å². The lowest BCUT2D eigenvalue weighted by Crippen LogP contribution is -2.58. The third-order valence-corrected chi connectivity index (χ3v) is 2.38. The first-order valence-electron chi connectivity index (χ1n) is 4.99. The maximum absolute atomic E-state index is 11.2. The highest BCUT2D eigenvalue weighted by Crippen LogP contribution is 2.18. The van der Waals surface area contributed by atoms with Crippen molar-refractivity contribution >= 4 is 5.97 Å². The second-order valence-corrected chi connectivity index (χ2v) is 3.54. The van der Waals surface area contributed by atoms with E-state index in [2.05, 4.69) is 4.74 Å². The monoisotopic (exact) mass is 236 g/mol. The van der Waals surface area contributed by atoms with E-state index >= 15 is 0 Å². The van der Waals surface area contributed by atoms with E-state index < -0.39 is 36.5 Å². The van der Waals surface area contributed by atoms with Crippen LogP contribution in [0.3, 0.4) is 0 Å². The van der Waals surface area contributed by atoms with Crippen molar-refractivity contribution in [2.24, 2.45) is 0 Å². The summed E-state index contributed by atoms with van der Waals surface area (Å²) in [5, 5.41) is 37.5. The summed E-state index contributed by atoms with van der Waals surface area (Å²) in [6.45, 7) is 1.39. The summed E-state index contributed by atoms with van der Waals surface area (Å²) >= 11 is 0. The van der Waals surface area contributed by atoms with E-state index in [9.17, 15) is 20.1 Å². The molecule has 0 aromatic carbocycles. The Labute approximate surface area is 92.2 Å². The predicted molar refractivity (Wildman–Crippen MR) is 50.4 cm³/mol. The number of rotatable bonds is 3. The molecular formula is C9H16O7. The molecule has 1 rings (SSSR count). The van der Waals surface area contributed by atoms with Gasteiger partial charge in [-0.25, -0.2) is 4.79 Å². The largest absolute Gasteiger partial charge is 0.464 e. The zero-order chi connectivity index (χ0) is 12.3. The van der Waals surface area contributed by atoms with Crippen LogP contribution in [0.5, 0.6) is 0 Å². The molecule has 7 heteroatoms. The molecule has 1 aliphatic heterocycles. The first-order chi connectivity index (χ1) is 7.49. The predicted octanol–water partition coefficient (Wildman–Crippen LogP) is -2.61. The van der Waals surface area contributed by atoms with Crippen molar-refractivity contribution in [3.8, 4) is 0 Å². The van der Waals surface area contributed by atoms with Crippen LogP contribution in [0, 0.1) is 0 Å².